The van der Waals surface area contributed by atoms with E-state index in [0.29, 0.717) is 41.7 Å². The molecule has 2 N–H and O–H groups in total. The number of pyridine rings is 2. The zero-order chi connectivity index (χ0) is 34.6. The molecule has 1 aliphatic rings. The summed E-state index contributed by atoms with van der Waals surface area (Å²) in [6.45, 7) is 3.20. The van der Waals surface area contributed by atoms with Crippen molar-refractivity contribution < 1.29 is 37.3 Å². The third kappa shape index (κ3) is 8.42. The lowest BCUT2D eigenvalue weighted by molar-refractivity contribution is 0.0765. The number of nitrogens with one attached hydrogen (secondary N) is 2. The van der Waals surface area contributed by atoms with Crippen molar-refractivity contribution in [2.45, 2.75) is 20.0 Å². The molecule has 2 amide bonds. The first-order valence-electron chi connectivity index (χ1n) is 14.9. The van der Waals surface area contributed by atoms with Gasteiger partial charge in [-0.2, -0.15) is 0 Å². The monoisotopic (exact) mass is 661 g/mol. The van der Waals surface area contributed by atoms with Gasteiger partial charge in [-0.3, -0.25) is 9.59 Å². The first-order chi connectivity index (χ1) is 23.2. The summed E-state index contributed by atoms with van der Waals surface area (Å²) >= 11 is 0. The number of benzene rings is 2. The Balaban J connectivity index is 0.000000671. The van der Waals surface area contributed by atoms with Gasteiger partial charge in [-0.1, -0.05) is 6.07 Å². The van der Waals surface area contributed by atoms with Crippen LogP contribution in [0.5, 0.6) is 11.5 Å². The lowest BCUT2D eigenvalue weighted by Crippen LogP contribution is -2.24. The highest BCUT2D eigenvalue weighted by Crippen LogP contribution is 2.37. The van der Waals surface area contributed by atoms with E-state index in [0.717, 1.165) is 17.7 Å². The fraction of sp³-hybridized carbons (Fsp3) is 0.257. The van der Waals surface area contributed by atoms with Crippen molar-refractivity contribution in [3.05, 3.63) is 107 Å². The Morgan fingerprint density at radius 2 is 1.77 bits per heavy atom. The van der Waals surface area contributed by atoms with Gasteiger partial charge in [-0.05, 0) is 55.5 Å². The molecule has 0 spiro atoms. The van der Waals surface area contributed by atoms with Gasteiger partial charge in [0.15, 0.2) is 0 Å². The number of halogens is 2. The molecule has 1 aliphatic heterocycles. The number of fused-ring (bicyclic) bond motifs is 1. The molecule has 0 saturated heterocycles. The summed E-state index contributed by atoms with van der Waals surface area (Å²) in [7, 11) is 6.32. The fourth-order valence-corrected chi connectivity index (χ4v) is 4.88. The molecule has 0 bridgehead atoms. The van der Waals surface area contributed by atoms with Gasteiger partial charge >= 0.3 is 0 Å². The number of rotatable bonds is 12. The molecular formula is C35H37F2N5O6. The lowest BCUT2D eigenvalue weighted by atomic mass is 10.1. The number of hydrogen-bond donors (Lipinski definition) is 2. The van der Waals surface area contributed by atoms with E-state index < -0.39 is 11.6 Å². The summed E-state index contributed by atoms with van der Waals surface area (Å²) in [6.07, 6.45) is 4.78. The van der Waals surface area contributed by atoms with E-state index in [1.807, 2.05) is 6.92 Å². The minimum Gasteiger partial charge on any atom is -0.505 e. The standard InChI is InChI=1S/C30H27F2N5O4.C5H10O2/c1-4-33-29(38)17-9-11-26(34-14-17)36-23-13-22(27-20(31)6-5-7-21(27)32)35-24-16-37(30(39)28(23)24)15-18-8-10-19(40-2)12-25(18)41-3;1-6-4-3-5-7-2/h5-14H,4,15-16H2,1-3H3,(H,33,38)(H,34,35,36);3-4H,5H2,1-2H3/b;4-3+. The van der Waals surface area contributed by atoms with Gasteiger partial charge in [-0.25, -0.2) is 18.7 Å². The second-order valence-electron chi connectivity index (χ2n) is 10.3. The van der Waals surface area contributed by atoms with E-state index in [1.165, 1.54) is 25.4 Å². The number of ether oxygens (including phenoxy) is 4. The van der Waals surface area contributed by atoms with E-state index in [-0.39, 0.29) is 47.4 Å². The minimum atomic E-state index is -0.781. The Bertz CT molecular complexity index is 1750. The van der Waals surface area contributed by atoms with Crippen molar-refractivity contribution in [1.29, 1.82) is 0 Å². The first-order valence-corrected chi connectivity index (χ1v) is 14.9. The number of hydrogen-bond acceptors (Lipinski definition) is 9. The molecule has 4 aromatic rings. The van der Waals surface area contributed by atoms with Gasteiger partial charge < -0.3 is 34.5 Å². The summed E-state index contributed by atoms with van der Waals surface area (Å²) < 4.78 is 49.5. The van der Waals surface area contributed by atoms with Crippen LogP contribution < -0.4 is 20.1 Å². The van der Waals surface area contributed by atoms with Crippen LogP contribution in [0.3, 0.4) is 0 Å². The molecule has 0 radical (unpaired) electrons. The lowest BCUT2D eigenvalue weighted by Gasteiger charge is -2.18. The van der Waals surface area contributed by atoms with Crippen molar-refractivity contribution in [1.82, 2.24) is 20.2 Å². The fourth-order valence-electron chi connectivity index (χ4n) is 4.88. The molecule has 0 saturated carbocycles. The van der Waals surface area contributed by atoms with Crippen LogP contribution >= 0.6 is 0 Å². The van der Waals surface area contributed by atoms with E-state index in [4.69, 9.17) is 9.47 Å². The molecule has 2 aromatic heterocycles. The topological polar surface area (TPSA) is 124 Å². The number of anilines is 2. The third-order valence-electron chi connectivity index (χ3n) is 7.13. The van der Waals surface area contributed by atoms with E-state index in [2.05, 4.69) is 30.1 Å². The first kappa shape index (κ1) is 35.3. The van der Waals surface area contributed by atoms with Gasteiger partial charge in [0.1, 0.15) is 29.0 Å². The van der Waals surface area contributed by atoms with Gasteiger partial charge in [0.25, 0.3) is 11.8 Å². The Hall–Kier alpha value is -5.56. The van der Waals surface area contributed by atoms with E-state index in [1.54, 1.807) is 68.9 Å². The normalized spacial score (nSPS) is 11.9. The summed E-state index contributed by atoms with van der Waals surface area (Å²) in [5.41, 5.74) is 1.71. The van der Waals surface area contributed by atoms with Crippen LogP contribution in [0.2, 0.25) is 0 Å². The van der Waals surface area contributed by atoms with Crippen LogP contribution in [0, 0.1) is 11.6 Å². The predicted molar refractivity (Wildman–Crippen MR) is 176 cm³/mol. The average Bonchev–Trinajstić information content (AvgIpc) is 3.40. The molecule has 2 aromatic carbocycles. The molecule has 0 atom stereocenters. The van der Waals surface area contributed by atoms with Crippen molar-refractivity contribution in [2.24, 2.45) is 0 Å². The molecule has 0 aliphatic carbocycles. The van der Waals surface area contributed by atoms with Crippen molar-refractivity contribution in [3.8, 4) is 22.8 Å². The molecule has 13 heteroatoms. The highest BCUT2D eigenvalue weighted by molar-refractivity contribution is 6.04. The molecule has 252 valence electrons. The van der Waals surface area contributed by atoms with Crippen LogP contribution in [0.15, 0.2) is 73.1 Å². The van der Waals surface area contributed by atoms with Crippen LogP contribution in [0.1, 0.15) is 38.9 Å². The minimum absolute atomic E-state index is 0.0254. The van der Waals surface area contributed by atoms with Crippen molar-refractivity contribution in [2.75, 3.05) is 46.9 Å². The molecule has 0 fully saturated rings. The van der Waals surface area contributed by atoms with Gasteiger partial charge in [0.05, 0.1) is 81.1 Å². The van der Waals surface area contributed by atoms with Crippen molar-refractivity contribution in [3.63, 3.8) is 0 Å². The SMILES string of the molecule is CCNC(=O)c1ccc(Nc2cc(-c3c(F)cccc3F)nc3c2C(=O)N(Cc2ccc(OC)cc2OC)C3)nc1.CO/C=C/COC. The number of nitrogens with zero attached hydrogens (tertiary/aromatic N) is 3. The maximum absolute atomic E-state index is 14.8. The molecular weight excluding hydrogens is 624 g/mol. The summed E-state index contributed by atoms with van der Waals surface area (Å²) in [5, 5.41) is 5.79. The molecule has 48 heavy (non-hydrogen) atoms. The zero-order valence-corrected chi connectivity index (χ0v) is 27.3. The van der Waals surface area contributed by atoms with Crippen LogP contribution in [-0.4, -0.2) is 68.3 Å². The summed E-state index contributed by atoms with van der Waals surface area (Å²) in [6, 6.07) is 13.5. The summed E-state index contributed by atoms with van der Waals surface area (Å²) in [4.78, 5) is 36.2. The zero-order valence-electron chi connectivity index (χ0n) is 27.3. The quantitative estimate of drug-likeness (QED) is 0.179. The van der Waals surface area contributed by atoms with Crippen LogP contribution in [0.4, 0.5) is 20.3 Å². The van der Waals surface area contributed by atoms with Crippen molar-refractivity contribution >= 4 is 23.3 Å². The van der Waals surface area contributed by atoms with Gasteiger partial charge in [-0.15, -0.1) is 0 Å². The van der Waals surface area contributed by atoms with E-state index in [9.17, 15) is 18.4 Å². The smallest absolute Gasteiger partial charge is 0.258 e. The molecule has 11 nitrogen and oxygen atoms in total. The predicted octanol–water partition coefficient (Wildman–Crippen LogP) is 5.88. The number of amides is 2. The number of aromatic nitrogens is 2. The molecule has 3 heterocycles. The largest absolute Gasteiger partial charge is 0.505 e. The molecule has 0 unspecified atom stereocenters. The Kier molecular flexibility index (Phi) is 12.4. The Labute approximate surface area is 277 Å². The highest BCUT2D eigenvalue weighted by atomic mass is 19.1. The maximum Gasteiger partial charge on any atom is 0.258 e. The highest BCUT2D eigenvalue weighted by Gasteiger charge is 2.33. The second-order valence-corrected chi connectivity index (χ2v) is 10.3. The number of methoxy groups -OCH3 is 4. The van der Waals surface area contributed by atoms with Gasteiger partial charge in [0, 0.05) is 31.5 Å². The molecule has 5 rings (SSSR count). The Morgan fingerprint density at radius 1 is 1.00 bits per heavy atom. The van der Waals surface area contributed by atoms with Gasteiger partial charge in [0.2, 0.25) is 0 Å². The van der Waals surface area contributed by atoms with Crippen LogP contribution in [0.25, 0.3) is 11.3 Å². The average molecular weight is 662 g/mol. The van der Waals surface area contributed by atoms with Crippen LogP contribution in [-0.2, 0) is 22.6 Å². The summed E-state index contributed by atoms with van der Waals surface area (Å²) in [5.74, 6) is -0.675. The van der Waals surface area contributed by atoms with E-state index >= 15 is 0 Å². The number of carbonyl (C=O) groups is 2. The third-order valence-corrected chi connectivity index (χ3v) is 7.13. The number of carbonyl (C=O) groups excluding carboxylic acids is 2. The Morgan fingerprint density at radius 3 is 2.40 bits per heavy atom. The second kappa shape index (κ2) is 16.8. The maximum atomic E-state index is 14.8.